The van der Waals surface area contributed by atoms with E-state index >= 15 is 0 Å². The molecule has 0 bridgehead atoms. The van der Waals surface area contributed by atoms with E-state index in [0.717, 1.165) is 26.6 Å². The van der Waals surface area contributed by atoms with Crippen LogP contribution in [0.4, 0.5) is 4.39 Å². The second kappa shape index (κ2) is 7.29. The fourth-order valence-corrected chi connectivity index (χ4v) is 2.88. The highest BCUT2D eigenvalue weighted by Gasteiger charge is 2.14. The molecule has 1 aromatic heterocycles. The summed E-state index contributed by atoms with van der Waals surface area (Å²) in [4.78, 5) is 4.20. The standard InChI is InChI=1S/C15H15Br2FN2/c1-2-20-15(11-5-12(16)9-19-8-11)7-10-6-13(18)3-4-14(10)17/h3-6,8-9,15,20H,2,7H2,1H3. The molecule has 1 N–H and O–H groups in total. The van der Waals surface area contributed by atoms with Crippen molar-refractivity contribution in [3.8, 4) is 0 Å². The van der Waals surface area contributed by atoms with Crippen LogP contribution < -0.4 is 5.32 Å². The largest absolute Gasteiger partial charge is 0.310 e. The van der Waals surface area contributed by atoms with E-state index in [0.29, 0.717) is 6.42 Å². The van der Waals surface area contributed by atoms with Crippen LogP contribution >= 0.6 is 31.9 Å². The van der Waals surface area contributed by atoms with Gasteiger partial charge in [0.2, 0.25) is 0 Å². The summed E-state index contributed by atoms with van der Waals surface area (Å²) in [5.41, 5.74) is 2.02. The first-order valence-corrected chi connectivity index (χ1v) is 7.96. The predicted molar refractivity (Wildman–Crippen MR) is 86.2 cm³/mol. The highest BCUT2D eigenvalue weighted by Crippen LogP contribution is 2.25. The van der Waals surface area contributed by atoms with Gasteiger partial charge in [0.05, 0.1) is 0 Å². The van der Waals surface area contributed by atoms with Gasteiger partial charge in [0.15, 0.2) is 0 Å². The van der Waals surface area contributed by atoms with Gasteiger partial charge in [-0.3, -0.25) is 4.98 Å². The fraction of sp³-hybridized carbons (Fsp3) is 0.267. The highest BCUT2D eigenvalue weighted by atomic mass is 79.9. The predicted octanol–water partition coefficient (Wildman–Crippen LogP) is 4.64. The SMILES string of the molecule is CCNC(Cc1cc(F)ccc1Br)c1cncc(Br)c1. The Morgan fingerprint density at radius 1 is 1.25 bits per heavy atom. The minimum Gasteiger partial charge on any atom is -0.310 e. The number of aromatic nitrogens is 1. The molecule has 1 aromatic carbocycles. The Morgan fingerprint density at radius 2 is 2.05 bits per heavy atom. The molecule has 2 rings (SSSR count). The van der Waals surface area contributed by atoms with E-state index in [4.69, 9.17) is 0 Å². The molecule has 2 nitrogen and oxygen atoms in total. The number of likely N-dealkylation sites (N-methyl/N-ethyl adjacent to an activating group) is 1. The molecule has 0 aliphatic rings. The van der Waals surface area contributed by atoms with Gasteiger partial charge in [-0.15, -0.1) is 0 Å². The number of halogens is 3. The lowest BCUT2D eigenvalue weighted by Crippen LogP contribution is -2.23. The van der Waals surface area contributed by atoms with Crippen molar-refractivity contribution in [1.82, 2.24) is 10.3 Å². The second-order valence-electron chi connectivity index (χ2n) is 4.49. The van der Waals surface area contributed by atoms with Crippen molar-refractivity contribution in [3.05, 3.63) is 62.5 Å². The van der Waals surface area contributed by atoms with Gasteiger partial charge in [-0.05, 0) is 64.3 Å². The minimum atomic E-state index is -0.217. The Morgan fingerprint density at radius 3 is 2.75 bits per heavy atom. The third-order valence-electron chi connectivity index (χ3n) is 3.01. The molecule has 2 aromatic rings. The van der Waals surface area contributed by atoms with Crippen LogP contribution in [-0.2, 0) is 6.42 Å². The lowest BCUT2D eigenvalue weighted by molar-refractivity contribution is 0.544. The smallest absolute Gasteiger partial charge is 0.123 e. The first kappa shape index (κ1) is 15.6. The Balaban J connectivity index is 2.27. The lowest BCUT2D eigenvalue weighted by atomic mass is 10.00. The Labute approximate surface area is 135 Å². The summed E-state index contributed by atoms with van der Waals surface area (Å²) in [5.74, 6) is -0.217. The van der Waals surface area contributed by atoms with Gasteiger partial charge >= 0.3 is 0 Å². The van der Waals surface area contributed by atoms with Crippen LogP contribution in [0.3, 0.4) is 0 Å². The van der Waals surface area contributed by atoms with Crippen molar-refractivity contribution in [2.45, 2.75) is 19.4 Å². The fourth-order valence-electron chi connectivity index (χ4n) is 2.09. The average molecular weight is 402 g/mol. The monoisotopic (exact) mass is 400 g/mol. The van der Waals surface area contributed by atoms with Crippen LogP contribution in [0.25, 0.3) is 0 Å². The van der Waals surface area contributed by atoms with E-state index < -0.39 is 0 Å². The molecular weight excluding hydrogens is 387 g/mol. The minimum absolute atomic E-state index is 0.100. The van der Waals surface area contributed by atoms with Crippen LogP contribution in [-0.4, -0.2) is 11.5 Å². The van der Waals surface area contributed by atoms with Gasteiger partial charge in [-0.2, -0.15) is 0 Å². The van der Waals surface area contributed by atoms with Crippen LogP contribution in [0, 0.1) is 5.82 Å². The normalized spacial score (nSPS) is 12.4. The molecule has 0 saturated heterocycles. The molecule has 0 amide bonds. The van der Waals surface area contributed by atoms with Crippen LogP contribution in [0.2, 0.25) is 0 Å². The van der Waals surface area contributed by atoms with Crippen LogP contribution in [0.5, 0.6) is 0 Å². The summed E-state index contributed by atoms with van der Waals surface area (Å²) in [6, 6.07) is 6.90. The van der Waals surface area contributed by atoms with Crippen molar-refractivity contribution in [2.75, 3.05) is 6.54 Å². The second-order valence-corrected chi connectivity index (χ2v) is 6.26. The number of nitrogens with one attached hydrogen (secondary N) is 1. The van der Waals surface area contributed by atoms with E-state index in [1.54, 1.807) is 18.3 Å². The zero-order chi connectivity index (χ0) is 14.5. The first-order valence-electron chi connectivity index (χ1n) is 6.38. The van der Waals surface area contributed by atoms with Crippen molar-refractivity contribution in [2.24, 2.45) is 0 Å². The topological polar surface area (TPSA) is 24.9 Å². The molecule has 5 heteroatoms. The summed E-state index contributed by atoms with van der Waals surface area (Å²) >= 11 is 6.91. The number of nitrogens with zero attached hydrogens (tertiary/aromatic N) is 1. The highest BCUT2D eigenvalue weighted by molar-refractivity contribution is 9.10. The summed E-state index contributed by atoms with van der Waals surface area (Å²) in [7, 11) is 0. The molecule has 0 radical (unpaired) electrons. The van der Waals surface area contributed by atoms with Crippen molar-refractivity contribution in [1.29, 1.82) is 0 Å². The van der Waals surface area contributed by atoms with E-state index in [9.17, 15) is 4.39 Å². The summed E-state index contributed by atoms with van der Waals surface area (Å²) in [6.45, 7) is 2.89. The maximum absolute atomic E-state index is 13.4. The molecule has 0 fully saturated rings. The number of rotatable bonds is 5. The molecule has 0 aliphatic heterocycles. The molecule has 0 saturated carbocycles. The molecule has 1 unspecified atom stereocenters. The lowest BCUT2D eigenvalue weighted by Gasteiger charge is -2.19. The molecule has 1 atom stereocenters. The molecular formula is C15H15Br2FN2. The van der Waals surface area contributed by atoms with Gasteiger partial charge in [0, 0.05) is 27.4 Å². The Kier molecular flexibility index (Phi) is 5.69. The number of hydrogen-bond donors (Lipinski definition) is 1. The maximum Gasteiger partial charge on any atom is 0.123 e. The molecule has 0 spiro atoms. The summed E-state index contributed by atoms with van der Waals surface area (Å²) < 4.78 is 15.3. The third-order valence-corrected chi connectivity index (χ3v) is 4.22. The molecule has 1 heterocycles. The first-order chi connectivity index (χ1) is 9.60. The number of hydrogen-bond acceptors (Lipinski definition) is 2. The number of pyridine rings is 1. The van der Waals surface area contributed by atoms with Gasteiger partial charge in [-0.25, -0.2) is 4.39 Å². The molecule has 20 heavy (non-hydrogen) atoms. The third kappa shape index (κ3) is 4.11. The van der Waals surface area contributed by atoms with Gasteiger partial charge in [-0.1, -0.05) is 22.9 Å². The Bertz CT molecular complexity index is 590. The van der Waals surface area contributed by atoms with Gasteiger partial charge in [0.25, 0.3) is 0 Å². The van der Waals surface area contributed by atoms with Crippen molar-refractivity contribution in [3.63, 3.8) is 0 Å². The van der Waals surface area contributed by atoms with Crippen LogP contribution in [0.1, 0.15) is 24.1 Å². The zero-order valence-electron chi connectivity index (χ0n) is 11.0. The van der Waals surface area contributed by atoms with Crippen molar-refractivity contribution >= 4 is 31.9 Å². The van der Waals surface area contributed by atoms with E-state index in [-0.39, 0.29) is 11.9 Å². The van der Waals surface area contributed by atoms with Crippen molar-refractivity contribution < 1.29 is 4.39 Å². The molecule has 0 aliphatic carbocycles. The Hall–Kier alpha value is -0.780. The average Bonchev–Trinajstić information content (AvgIpc) is 2.42. The summed E-state index contributed by atoms with van der Waals surface area (Å²) in [5, 5.41) is 3.42. The summed E-state index contributed by atoms with van der Waals surface area (Å²) in [6.07, 6.45) is 4.29. The number of benzene rings is 1. The quantitative estimate of drug-likeness (QED) is 0.789. The molecule has 106 valence electrons. The van der Waals surface area contributed by atoms with E-state index in [1.165, 1.54) is 6.07 Å². The van der Waals surface area contributed by atoms with E-state index in [2.05, 4.69) is 49.1 Å². The van der Waals surface area contributed by atoms with E-state index in [1.807, 2.05) is 12.3 Å². The van der Waals surface area contributed by atoms with Gasteiger partial charge in [0.1, 0.15) is 5.82 Å². The van der Waals surface area contributed by atoms with Crippen LogP contribution in [0.15, 0.2) is 45.6 Å². The van der Waals surface area contributed by atoms with Gasteiger partial charge < -0.3 is 5.32 Å². The zero-order valence-corrected chi connectivity index (χ0v) is 14.2. The maximum atomic E-state index is 13.4.